The van der Waals surface area contributed by atoms with E-state index in [0.717, 1.165) is 11.6 Å². The molecule has 4 nitrogen and oxygen atoms in total. The lowest BCUT2D eigenvalue weighted by atomic mass is 9.97. The molecule has 0 saturated carbocycles. The molecule has 0 radical (unpaired) electrons. The minimum atomic E-state index is -4.09. The van der Waals surface area contributed by atoms with Crippen molar-refractivity contribution in [2.45, 2.75) is 32.5 Å². The van der Waals surface area contributed by atoms with Gasteiger partial charge in [0.2, 0.25) is 0 Å². The Hall–Kier alpha value is -1.11. The van der Waals surface area contributed by atoms with Gasteiger partial charge in [-0.3, -0.25) is 4.90 Å². The Balaban J connectivity index is 2.00. The highest BCUT2D eigenvalue weighted by atomic mass is 19.4. The van der Waals surface area contributed by atoms with E-state index in [9.17, 15) is 13.2 Å². The molecule has 1 aromatic rings. The third-order valence-electron chi connectivity index (χ3n) is 3.52. The van der Waals surface area contributed by atoms with Crippen LogP contribution < -0.4 is 0 Å². The van der Waals surface area contributed by atoms with E-state index in [1.165, 1.54) is 0 Å². The van der Waals surface area contributed by atoms with Crippen molar-refractivity contribution in [1.82, 2.24) is 19.7 Å². The first-order chi connectivity index (χ1) is 8.38. The van der Waals surface area contributed by atoms with Crippen LogP contribution in [0.1, 0.15) is 24.5 Å². The molecule has 0 spiro atoms. The summed E-state index contributed by atoms with van der Waals surface area (Å²) in [6.07, 6.45) is -3.27. The topological polar surface area (TPSA) is 34.0 Å². The average molecular weight is 262 g/mol. The lowest BCUT2D eigenvalue weighted by molar-refractivity contribution is -0.187. The van der Waals surface area contributed by atoms with Crippen LogP contribution in [0.4, 0.5) is 13.2 Å². The number of rotatable bonds is 2. The van der Waals surface area contributed by atoms with Crippen LogP contribution in [0.15, 0.2) is 0 Å². The van der Waals surface area contributed by atoms with Crippen LogP contribution in [0.3, 0.4) is 0 Å². The van der Waals surface area contributed by atoms with Crippen molar-refractivity contribution in [3.63, 3.8) is 0 Å². The molecule has 0 bridgehead atoms. The molecule has 18 heavy (non-hydrogen) atoms. The SMILES string of the molecule is Cc1nnc(CN2CCCC(C(F)(F)F)C2)n1C. The van der Waals surface area contributed by atoms with Gasteiger partial charge in [-0.25, -0.2) is 0 Å². The zero-order valence-corrected chi connectivity index (χ0v) is 10.5. The van der Waals surface area contributed by atoms with Crippen molar-refractivity contribution >= 4 is 0 Å². The van der Waals surface area contributed by atoms with E-state index < -0.39 is 12.1 Å². The van der Waals surface area contributed by atoms with E-state index in [-0.39, 0.29) is 13.0 Å². The van der Waals surface area contributed by atoms with Gasteiger partial charge in [-0.2, -0.15) is 13.2 Å². The average Bonchev–Trinajstić information content (AvgIpc) is 2.60. The summed E-state index contributed by atoms with van der Waals surface area (Å²) in [5, 5.41) is 7.90. The van der Waals surface area contributed by atoms with Crippen LogP contribution in [0, 0.1) is 12.8 Å². The lowest BCUT2D eigenvalue weighted by Crippen LogP contribution is -2.41. The summed E-state index contributed by atoms with van der Waals surface area (Å²) < 4.78 is 39.8. The van der Waals surface area contributed by atoms with Gasteiger partial charge in [0.1, 0.15) is 11.6 Å². The summed E-state index contributed by atoms with van der Waals surface area (Å²) in [6, 6.07) is 0. The first-order valence-electron chi connectivity index (χ1n) is 6.02. The van der Waals surface area contributed by atoms with Crippen LogP contribution in [0.25, 0.3) is 0 Å². The molecule has 1 atom stereocenters. The molecular weight excluding hydrogens is 245 g/mol. The molecule has 2 heterocycles. The van der Waals surface area contributed by atoms with Gasteiger partial charge >= 0.3 is 6.18 Å². The molecule has 1 aliphatic heterocycles. The van der Waals surface area contributed by atoms with E-state index in [1.54, 1.807) is 0 Å². The molecule has 7 heteroatoms. The van der Waals surface area contributed by atoms with Crippen molar-refractivity contribution in [1.29, 1.82) is 0 Å². The number of hydrogen-bond acceptors (Lipinski definition) is 3. The highest BCUT2D eigenvalue weighted by Gasteiger charge is 2.41. The molecule has 0 amide bonds. The number of piperidine rings is 1. The smallest absolute Gasteiger partial charge is 0.317 e. The second-order valence-corrected chi connectivity index (χ2v) is 4.84. The first kappa shape index (κ1) is 13.3. The summed E-state index contributed by atoms with van der Waals surface area (Å²) in [6.45, 7) is 3.02. The second kappa shape index (κ2) is 4.87. The van der Waals surface area contributed by atoms with Crippen LogP contribution in [0.2, 0.25) is 0 Å². The Labute approximate surface area is 104 Å². The minimum Gasteiger partial charge on any atom is -0.317 e. The van der Waals surface area contributed by atoms with Gasteiger partial charge in [-0.05, 0) is 26.3 Å². The zero-order valence-electron chi connectivity index (χ0n) is 10.5. The largest absolute Gasteiger partial charge is 0.393 e. The normalized spacial score (nSPS) is 22.4. The molecule has 1 fully saturated rings. The van der Waals surface area contributed by atoms with E-state index in [2.05, 4.69) is 10.2 Å². The predicted molar refractivity (Wildman–Crippen MR) is 59.8 cm³/mol. The molecule has 2 rings (SSSR count). The summed E-state index contributed by atoms with van der Waals surface area (Å²) >= 11 is 0. The van der Waals surface area contributed by atoms with Gasteiger partial charge in [0.05, 0.1) is 12.5 Å². The standard InChI is InChI=1S/C11H17F3N4/c1-8-15-16-10(17(8)2)7-18-5-3-4-9(6-18)11(12,13)14/h9H,3-7H2,1-2H3. The second-order valence-electron chi connectivity index (χ2n) is 4.84. The Morgan fingerprint density at radius 1 is 1.33 bits per heavy atom. The summed E-state index contributed by atoms with van der Waals surface area (Å²) in [5.74, 6) is 0.283. The van der Waals surface area contributed by atoms with E-state index in [0.29, 0.717) is 19.5 Å². The number of hydrogen-bond donors (Lipinski definition) is 0. The Morgan fingerprint density at radius 3 is 2.61 bits per heavy atom. The number of likely N-dealkylation sites (tertiary alicyclic amines) is 1. The quantitative estimate of drug-likeness (QED) is 0.816. The van der Waals surface area contributed by atoms with Crippen LogP contribution in [-0.2, 0) is 13.6 Å². The molecule has 0 aliphatic carbocycles. The maximum absolute atomic E-state index is 12.7. The van der Waals surface area contributed by atoms with Gasteiger partial charge in [0, 0.05) is 13.6 Å². The maximum atomic E-state index is 12.7. The van der Waals surface area contributed by atoms with Crippen molar-refractivity contribution in [2.75, 3.05) is 13.1 Å². The fourth-order valence-electron chi connectivity index (χ4n) is 2.26. The van der Waals surface area contributed by atoms with Crippen LogP contribution in [-0.4, -0.2) is 38.9 Å². The summed E-state index contributed by atoms with van der Waals surface area (Å²) in [5.41, 5.74) is 0. The van der Waals surface area contributed by atoms with Crippen LogP contribution in [0.5, 0.6) is 0 Å². The Bertz CT molecular complexity index is 413. The maximum Gasteiger partial charge on any atom is 0.393 e. The van der Waals surface area contributed by atoms with E-state index >= 15 is 0 Å². The minimum absolute atomic E-state index is 0.0649. The van der Waals surface area contributed by atoms with Gasteiger partial charge in [0.15, 0.2) is 0 Å². The number of aryl methyl sites for hydroxylation is 1. The third kappa shape index (κ3) is 2.82. The van der Waals surface area contributed by atoms with Crippen molar-refractivity contribution in [3.8, 4) is 0 Å². The number of nitrogens with zero attached hydrogens (tertiary/aromatic N) is 4. The summed E-state index contributed by atoms with van der Waals surface area (Å²) in [4.78, 5) is 1.81. The number of alkyl halides is 3. The molecule has 0 N–H and O–H groups in total. The third-order valence-corrected chi connectivity index (χ3v) is 3.52. The van der Waals surface area contributed by atoms with E-state index in [4.69, 9.17) is 0 Å². The first-order valence-corrected chi connectivity index (χ1v) is 6.02. The van der Waals surface area contributed by atoms with Crippen LogP contribution >= 0.6 is 0 Å². The van der Waals surface area contributed by atoms with Crippen molar-refractivity contribution in [3.05, 3.63) is 11.6 Å². The highest BCUT2D eigenvalue weighted by Crippen LogP contribution is 2.33. The monoisotopic (exact) mass is 262 g/mol. The molecule has 102 valence electrons. The fraction of sp³-hybridized carbons (Fsp3) is 0.818. The van der Waals surface area contributed by atoms with Gasteiger partial charge in [-0.15, -0.1) is 10.2 Å². The highest BCUT2D eigenvalue weighted by molar-refractivity contribution is 4.93. The van der Waals surface area contributed by atoms with Crippen molar-refractivity contribution < 1.29 is 13.2 Å². The predicted octanol–water partition coefficient (Wildman–Crippen LogP) is 1.90. The van der Waals surface area contributed by atoms with Gasteiger partial charge in [-0.1, -0.05) is 0 Å². The molecule has 0 aromatic carbocycles. The Morgan fingerprint density at radius 2 is 2.06 bits per heavy atom. The molecule has 1 aliphatic rings. The number of aromatic nitrogens is 3. The van der Waals surface area contributed by atoms with E-state index in [1.807, 2.05) is 23.4 Å². The zero-order chi connectivity index (χ0) is 13.3. The Kier molecular flexibility index (Phi) is 3.61. The molecule has 1 aromatic heterocycles. The lowest BCUT2D eigenvalue weighted by Gasteiger charge is -2.33. The van der Waals surface area contributed by atoms with Gasteiger partial charge < -0.3 is 4.57 Å². The molecule has 1 saturated heterocycles. The fourth-order valence-corrected chi connectivity index (χ4v) is 2.26. The number of halogens is 3. The van der Waals surface area contributed by atoms with Gasteiger partial charge in [0.25, 0.3) is 0 Å². The summed E-state index contributed by atoms with van der Waals surface area (Å²) in [7, 11) is 1.83. The molecular formula is C11H17F3N4. The van der Waals surface area contributed by atoms with Crippen molar-refractivity contribution in [2.24, 2.45) is 13.0 Å². The molecule has 1 unspecified atom stereocenters.